The highest BCUT2D eigenvalue weighted by atomic mass is 16.3. The van der Waals surface area contributed by atoms with Crippen LogP contribution in [0.4, 0.5) is 0 Å². The zero-order valence-corrected chi connectivity index (χ0v) is 9.69. The predicted octanol–water partition coefficient (Wildman–Crippen LogP) is 1.00. The van der Waals surface area contributed by atoms with E-state index in [-0.39, 0.29) is 19.3 Å². The number of fused-ring (bicyclic) bond motifs is 1. The third-order valence-corrected chi connectivity index (χ3v) is 2.95. The molecule has 0 radical (unpaired) electrons. The molecule has 0 spiro atoms. The van der Waals surface area contributed by atoms with Crippen molar-refractivity contribution in [1.29, 1.82) is 0 Å². The molecule has 2 rings (SSSR count). The van der Waals surface area contributed by atoms with Crippen LogP contribution in [0.15, 0.2) is 30.5 Å². The Bertz CT molecular complexity index is 467. The molecule has 17 heavy (non-hydrogen) atoms. The van der Waals surface area contributed by atoms with E-state index in [1.807, 2.05) is 24.4 Å². The van der Waals surface area contributed by atoms with E-state index in [0.717, 1.165) is 5.52 Å². The second-order valence-corrected chi connectivity index (χ2v) is 4.13. The highest BCUT2D eigenvalue weighted by Crippen LogP contribution is 2.17. The molecule has 92 valence electrons. The smallest absolute Gasteiger partial charge is 0.0585 e. The molecule has 0 bridgehead atoms. The van der Waals surface area contributed by atoms with Crippen LogP contribution in [-0.2, 0) is 6.54 Å². The summed E-state index contributed by atoms with van der Waals surface area (Å²) < 4.78 is 0. The number of para-hydroxylation sites is 1. The average molecular weight is 234 g/mol. The van der Waals surface area contributed by atoms with Gasteiger partial charge in [-0.25, -0.2) is 0 Å². The van der Waals surface area contributed by atoms with Crippen LogP contribution in [-0.4, -0.2) is 34.5 Å². The van der Waals surface area contributed by atoms with Crippen molar-refractivity contribution in [2.75, 3.05) is 13.2 Å². The summed E-state index contributed by atoms with van der Waals surface area (Å²) in [6, 6.07) is 8.07. The minimum atomic E-state index is -0.0475. The Morgan fingerprint density at radius 2 is 2.06 bits per heavy atom. The molecule has 0 aliphatic rings. The van der Waals surface area contributed by atoms with Crippen LogP contribution in [0.1, 0.15) is 12.0 Å². The molecule has 4 N–H and O–H groups in total. The Morgan fingerprint density at radius 3 is 2.82 bits per heavy atom. The van der Waals surface area contributed by atoms with E-state index >= 15 is 0 Å². The maximum absolute atomic E-state index is 9.12. The van der Waals surface area contributed by atoms with Crippen molar-refractivity contribution in [3.05, 3.63) is 36.0 Å². The lowest BCUT2D eigenvalue weighted by molar-refractivity contribution is 0.200. The maximum atomic E-state index is 9.12. The van der Waals surface area contributed by atoms with E-state index < -0.39 is 0 Å². The summed E-state index contributed by atoms with van der Waals surface area (Å²) in [6.07, 6.45) is 2.55. The van der Waals surface area contributed by atoms with Crippen LogP contribution >= 0.6 is 0 Å². The summed E-state index contributed by atoms with van der Waals surface area (Å²) in [5, 5.41) is 22.4. The summed E-state index contributed by atoms with van der Waals surface area (Å²) in [7, 11) is 0. The summed E-state index contributed by atoms with van der Waals surface area (Å²) in [5.74, 6) is 0. The Labute approximate surface area is 100 Å². The fourth-order valence-corrected chi connectivity index (χ4v) is 1.95. The van der Waals surface area contributed by atoms with Crippen LogP contribution in [0.25, 0.3) is 10.9 Å². The van der Waals surface area contributed by atoms with Gasteiger partial charge in [-0.15, -0.1) is 0 Å². The Balaban J connectivity index is 2.03. The Hall–Kier alpha value is -1.36. The second kappa shape index (κ2) is 5.82. The molecule has 0 aliphatic carbocycles. The highest BCUT2D eigenvalue weighted by molar-refractivity contribution is 5.82. The van der Waals surface area contributed by atoms with Crippen molar-refractivity contribution in [2.24, 2.45) is 0 Å². The van der Waals surface area contributed by atoms with Crippen molar-refractivity contribution < 1.29 is 10.2 Å². The van der Waals surface area contributed by atoms with Crippen LogP contribution in [0.5, 0.6) is 0 Å². The molecule has 0 saturated carbocycles. The van der Waals surface area contributed by atoms with Crippen molar-refractivity contribution in [1.82, 2.24) is 10.3 Å². The van der Waals surface area contributed by atoms with Gasteiger partial charge in [-0.1, -0.05) is 18.2 Å². The van der Waals surface area contributed by atoms with E-state index in [2.05, 4.69) is 16.4 Å². The van der Waals surface area contributed by atoms with E-state index in [1.54, 1.807) is 0 Å². The molecular formula is C13H18N2O2. The molecule has 4 nitrogen and oxygen atoms in total. The topological polar surface area (TPSA) is 68.3 Å². The summed E-state index contributed by atoms with van der Waals surface area (Å²) >= 11 is 0. The van der Waals surface area contributed by atoms with Gasteiger partial charge in [-0.05, 0) is 18.1 Å². The first-order valence-electron chi connectivity index (χ1n) is 5.85. The number of aliphatic hydroxyl groups is 2. The molecular weight excluding hydrogens is 216 g/mol. The van der Waals surface area contributed by atoms with Gasteiger partial charge < -0.3 is 20.5 Å². The van der Waals surface area contributed by atoms with E-state index in [4.69, 9.17) is 10.2 Å². The molecule has 1 aromatic carbocycles. The zero-order valence-electron chi connectivity index (χ0n) is 9.69. The van der Waals surface area contributed by atoms with Crippen LogP contribution in [0.3, 0.4) is 0 Å². The number of nitrogens with one attached hydrogen (secondary N) is 2. The van der Waals surface area contributed by atoms with Gasteiger partial charge in [0.05, 0.1) is 6.61 Å². The summed E-state index contributed by atoms with van der Waals surface area (Å²) in [6.45, 7) is 0.824. The van der Waals surface area contributed by atoms with Gasteiger partial charge in [0.25, 0.3) is 0 Å². The van der Waals surface area contributed by atoms with Gasteiger partial charge in [-0.2, -0.15) is 0 Å². The molecule has 0 aliphatic heterocycles. The monoisotopic (exact) mass is 234 g/mol. The number of H-pyrrole nitrogens is 1. The molecule has 1 aromatic heterocycles. The first-order valence-corrected chi connectivity index (χ1v) is 5.85. The minimum absolute atomic E-state index is 0.0446. The van der Waals surface area contributed by atoms with Gasteiger partial charge in [0.2, 0.25) is 0 Å². The van der Waals surface area contributed by atoms with Gasteiger partial charge in [0.1, 0.15) is 0 Å². The lowest BCUT2D eigenvalue weighted by Gasteiger charge is -2.14. The quantitative estimate of drug-likeness (QED) is 0.603. The number of aromatic amines is 1. The molecule has 0 saturated heterocycles. The third-order valence-electron chi connectivity index (χ3n) is 2.95. The SMILES string of the molecule is OCCC(CO)NCc1c[nH]c2ccccc12. The van der Waals surface area contributed by atoms with Gasteiger partial charge >= 0.3 is 0 Å². The van der Waals surface area contributed by atoms with Crippen molar-refractivity contribution in [2.45, 2.75) is 19.0 Å². The zero-order chi connectivity index (χ0) is 12.1. The first kappa shape index (κ1) is 12.1. The summed E-state index contributed by atoms with van der Waals surface area (Å²) in [5.41, 5.74) is 2.30. The van der Waals surface area contributed by atoms with Crippen LogP contribution < -0.4 is 5.32 Å². The van der Waals surface area contributed by atoms with Gasteiger partial charge in [0.15, 0.2) is 0 Å². The fraction of sp³-hybridized carbons (Fsp3) is 0.385. The average Bonchev–Trinajstić information content (AvgIpc) is 2.78. The second-order valence-electron chi connectivity index (χ2n) is 4.13. The molecule has 1 heterocycles. The van der Waals surface area contributed by atoms with Gasteiger partial charge in [-0.3, -0.25) is 0 Å². The predicted molar refractivity (Wildman–Crippen MR) is 67.7 cm³/mol. The number of benzene rings is 1. The number of hydrogen-bond acceptors (Lipinski definition) is 3. The molecule has 4 heteroatoms. The normalized spacial score (nSPS) is 13.1. The van der Waals surface area contributed by atoms with Crippen LogP contribution in [0.2, 0.25) is 0 Å². The van der Waals surface area contributed by atoms with E-state index in [1.165, 1.54) is 10.9 Å². The van der Waals surface area contributed by atoms with Crippen molar-refractivity contribution in [3.63, 3.8) is 0 Å². The van der Waals surface area contributed by atoms with E-state index in [9.17, 15) is 0 Å². The standard InChI is InChI=1S/C13H18N2O2/c16-6-5-11(9-17)14-7-10-8-15-13-4-2-1-3-12(10)13/h1-4,8,11,14-17H,5-7,9H2. The minimum Gasteiger partial charge on any atom is -0.396 e. The Kier molecular flexibility index (Phi) is 4.14. The molecule has 1 unspecified atom stereocenters. The third kappa shape index (κ3) is 2.85. The van der Waals surface area contributed by atoms with Crippen LogP contribution in [0, 0.1) is 0 Å². The molecule has 1 atom stereocenters. The lowest BCUT2D eigenvalue weighted by atomic mass is 10.1. The Morgan fingerprint density at radius 1 is 1.24 bits per heavy atom. The number of hydrogen-bond donors (Lipinski definition) is 4. The molecule has 0 amide bonds. The van der Waals surface area contributed by atoms with Crippen molar-refractivity contribution in [3.8, 4) is 0 Å². The highest BCUT2D eigenvalue weighted by Gasteiger charge is 2.07. The number of aromatic nitrogens is 1. The number of aliphatic hydroxyl groups excluding tert-OH is 2. The van der Waals surface area contributed by atoms with Crippen molar-refractivity contribution >= 4 is 10.9 Å². The first-order chi connectivity index (χ1) is 8.35. The van der Waals surface area contributed by atoms with E-state index in [0.29, 0.717) is 13.0 Å². The lowest BCUT2D eigenvalue weighted by Crippen LogP contribution is -2.32. The summed E-state index contributed by atoms with van der Waals surface area (Å²) in [4.78, 5) is 3.21. The molecule has 2 aromatic rings. The maximum Gasteiger partial charge on any atom is 0.0585 e. The fourth-order valence-electron chi connectivity index (χ4n) is 1.95. The largest absolute Gasteiger partial charge is 0.396 e. The number of rotatable bonds is 6. The van der Waals surface area contributed by atoms with Gasteiger partial charge in [0, 0.05) is 36.3 Å². The molecule has 0 fully saturated rings.